The van der Waals surface area contributed by atoms with Gasteiger partial charge in [0, 0.05) is 25.5 Å². The Morgan fingerprint density at radius 3 is 2.83 bits per heavy atom. The number of morpholine rings is 1. The maximum absolute atomic E-state index is 12.3. The van der Waals surface area contributed by atoms with Gasteiger partial charge in [0.05, 0.1) is 25.5 Å². The van der Waals surface area contributed by atoms with Gasteiger partial charge in [-0.1, -0.05) is 0 Å². The zero-order valence-corrected chi connectivity index (χ0v) is 13.0. The van der Waals surface area contributed by atoms with Gasteiger partial charge in [-0.05, 0) is 30.7 Å². The van der Waals surface area contributed by atoms with Gasteiger partial charge in [-0.15, -0.1) is 0 Å². The number of ether oxygens (including phenoxy) is 1. The topological polar surface area (TPSA) is 80.2 Å². The number of pyridine rings is 1. The maximum atomic E-state index is 12.3. The molecule has 1 aliphatic heterocycles. The van der Waals surface area contributed by atoms with Crippen molar-refractivity contribution in [3.05, 3.63) is 47.5 Å². The van der Waals surface area contributed by atoms with Crippen molar-refractivity contribution in [1.29, 1.82) is 0 Å². The van der Waals surface area contributed by atoms with Crippen LogP contribution in [0.5, 0.6) is 0 Å². The van der Waals surface area contributed by atoms with Crippen LogP contribution < -0.4 is 10.2 Å². The summed E-state index contributed by atoms with van der Waals surface area (Å²) in [5, 5.41) is 2.84. The average Bonchev–Trinajstić information content (AvgIpc) is 2.61. The summed E-state index contributed by atoms with van der Waals surface area (Å²) >= 11 is 0. The zero-order valence-electron chi connectivity index (χ0n) is 13.0. The SMILES string of the molecule is Cc1ccnc(CNC(=O)c2ccnc(N3CCOCC3)n2)c1. The number of rotatable bonds is 4. The van der Waals surface area contributed by atoms with E-state index in [0.29, 0.717) is 31.4 Å². The van der Waals surface area contributed by atoms with Crippen molar-refractivity contribution >= 4 is 11.9 Å². The molecule has 7 nitrogen and oxygen atoms in total. The van der Waals surface area contributed by atoms with E-state index in [1.807, 2.05) is 24.0 Å². The Morgan fingerprint density at radius 1 is 1.26 bits per heavy atom. The molecule has 2 aromatic heterocycles. The van der Waals surface area contributed by atoms with Crippen molar-refractivity contribution in [2.24, 2.45) is 0 Å². The largest absolute Gasteiger partial charge is 0.378 e. The van der Waals surface area contributed by atoms with Crippen LogP contribution in [0.25, 0.3) is 0 Å². The fourth-order valence-electron chi connectivity index (χ4n) is 2.35. The van der Waals surface area contributed by atoms with Crippen LogP contribution in [0.3, 0.4) is 0 Å². The Kier molecular flexibility index (Phi) is 4.77. The molecule has 1 fully saturated rings. The molecule has 1 amide bonds. The molecule has 3 rings (SSSR count). The van der Waals surface area contributed by atoms with Gasteiger partial charge in [-0.3, -0.25) is 9.78 Å². The molecule has 1 saturated heterocycles. The molecule has 3 heterocycles. The Labute approximate surface area is 134 Å². The van der Waals surface area contributed by atoms with Crippen LogP contribution in [0.1, 0.15) is 21.7 Å². The quantitative estimate of drug-likeness (QED) is 0.905. The van der Waals surface area contributed by atoms with Crippen molar-refractivity contribution in [2.45, 2.75) is 13.5 Å². The molecule has 0 aromatic carbocycles. The van der Waals surface area contributed by atoms with E-state index in [9.17, 15) is 4.79 Å². The molecule has 0 spiro atoms. The summed E-state index contributed by atoms with van der Waals surface area (Å²) < 4.78 is 5.31. The number of carbonyl (C=O) groups excluding carboxylic acids is 1. The maximum Gasteiger partial charge on any atom is 0.270 e. The third-order valence-corrected chi connectivity index (χ3v) is 3.57. The summed E-state index contributed by atoms with van der Waals surface area (Å²) in [6.07, 6.45) is 3.34. The summed E-state index contributed by atoms with van der Waals surface area (Å²) in [6, 6.07) is 5.48. The van der Waals surface area contributed by atoms with Crippen molar-refractivity contribution in [2.75, 3.05) is 31.2 Å². The first-order chi connectivity index (χ1) is 11.2. The highest BCUT2D eigenvalue weighted by atomic mass is 16.5. The molecule has 0 atom stereocenters. The minimum absolute atomic E-state index is 0.231. The lowest BCUT2D eigenvalue weighted by molar-refractivity contribution is 0.0945. The van der Waals surface area contributed by atoms with E-state index in [1.165, 1.54) is 0 Å². The molecule has 7 heteroatoms. The Bertz CT molecular complexity index is 686. The molecule has 0 saturated carbocycles. The first-order valence-corrected chi connectivity index (χ1v) is 7.58. The highest BCUT2D eigenvalue weighted by Crippen LogP contribution is 2.10. The number of anilines is 1. The van der Waals surface area contributed by atoms with E-state index < -0.39 is 0 Å². The predicted octanol–water partition coefficient (Wildman–Crippen LogP) is 0.947. The monoisotopic (exact) mass is 313 g/mol. The number of nitrogens with one attached hydrogen (secondary N) is 1. The van der Waals surface area contributed by atoms with Gasteiger partial charge in [0.15, 0.2) is 0 Å². The molecule has 1 N–H and O–H groups in total. The number of hydrogen-bond acceptors (Lipinski definition) is 6. The third kappa shape index (κ3) is 4.01. The highest BCUT2D eigenvalue weighted by Gasteiger charge is 2.16. The number of aromatic nitrogens is 3. The Balaban J connectivity index is 1.65. The summed E-state index contributed by atoms with van der Waals surface area (Å²) in [4.78, 5) is 27.1. The van der Waals surface area contributed by atoms with Gasteiger partial charge in [0.1, 0.15) is 5.69 Å². The Hall–Kier alpha value is -2.54. The molecule has 0 aliphatic carbocycles. The number of hydrogen-bond donors (Lipinski definition) is 1. The molecule has 2 aromatic rings. The lowest BCUT2D eigenvalue weighted by Crippen LogP contribution is -2.37. The molecular formula is C16H19N5O2. The van der Waals surface area contributed by atoms with Crippen LogP contribution in [0.4, 0.5) is 5.95 Å². The second-order valence-electron chi connectivity index (χ2n) is 5.35. The summed E-state index contributed by atoms with van der Waals surface area (Å²) in [6.45, 7) is 5.14. The lowest BCUT2D eigenvalue weighted by Gasteiger charge is -2.26. The number of carbonyl (C=O) groups is 1. The standard InChI is InChI=1S/C16H19N5O2/c1-12-2-4-17-13(10-12)11-19-15(22)14-3-5-18-16(20-14)21-6-8-23-9-7-21/h2-5,10H,6-9,11H2,1H3,(H,19,22). The van der Waals surface area contributed by atoms with E-state index in [2.05, 4.69) is 20.3 Å². The third-order valence-electron chi connectivity index (χ3n) is 3.57. The first-order valence-electron chi connectivity index (χ1n) is 7.58. The van der Waals surface area contributed by atoms with Crippen LogP contribution >= 0.6 is 0 Å². The van der Waals surface area contributed by atoms with Gasteiger partial charge < -0.3 is 15.0 Å². The second kappa shape index (κ2) is 7.15. The average molecular weight is 313 g/mol. The van der Waals surface area contributed by atoms with Crippen LogP contribution in [0.15, 0.2) is 30.6 Å². The van der Waals surface area contributed by atoms with Gasteiger partial charge in [0.25, 0.3) is 5.91 Å². The van der Waals surface area contributed by atoms with Gasteiger partial charge in [0.2, 0.25) is 5.95 Å². The molecule has 120 valence electrons. The number of aryl methyl sites for hydroxylation is 1. The van der Waals surface area contributed by atoms with E-state index in [4.69, 9.17) is 4.74 Å². The fraction of sp³-hybridized carbons (Fsp3) is 0.375. The molecule has 1 aliphatic rings. The lowest BCUT2D eigenvalue weighted by atomic mass is 10.2. The summed E-state index contributed by atoms with van der Waals surface area (Å²) in [5.74, 6) is 0.333. The van der Waals surface area contributed by atoms with Crippen LogP contribution in [-0.4, -0.2) is 47.2 Å². The molecule has 23 heavy (non-hydrogen) atoms. The van der Waals surface area contributed by atoms with Gasteiger partial charge in [-0.25, -0.2) is 9.97 Å². The highest BCUT2D eigenvalue weighted by molar-refractivity contribution is 5.92. The van der Waals surface area contributed by atoms with E-state index in [1.54, 1.807) is 18.5 Å². The van der Waals surface area contributed by atoms with Crippen LogP contribution in [0, 0.1) is 6.92 Å². The molecular weight excluding hydrogens is 294 g/mol. The zero-order chi connectivity index (χ0) is 16.1. The molecule has 0 bridgehead atoms. The van der Waals surface area contributed by atoms with Gasteiger partial charge in [-0.2, -0.15) is 0 Å². The minimum atomic E-state index is -0.231. The summed E-state index contributed by atoms with van der Waals surface area (Å²) in [5.41, 5.74) is 2.29. The number of amides is 1. The summed E-state index contributed by atoms with van der Waals surface area (Å²) in [7, 11) is 0. The van der Waals surface area contributed by atoms with Crippen molar-refractivity contribution in [1.82, 2.24) is 20.3 Å². The molecule has 0 unspecified atom stereocenters. The normalized spacial score (nSPS) is 14.6. The minimum Gasteiger partial charge on any atom is -0.378 e. The van der Waals surface area contributed by atoms with Crippen molar-refractivity contribution < 1.29 is 9.53 Å². The predicted molar refractivity (Wildman–Crippen MR) is 85.2 cm³/mol. The van der Waals surface area contributed by atoms with Crippen LogP contribution in [-0.2, 0) is 11.3 Å². The van der Waals surface area contributed by atoms with Crippen molar-refractivity contribution in [3.63, 3.8) is 0 Å². The van der Waals surface area contributed by atoms with Crippen LogP contribution in [0.2, 0.25) is 0 Å². The smallest absolute Gasteiger partial charge is 0.270 e. The second-order valence-corrected chi connectivity index (χ2v) is 5.35. The van der Waals surface area contributed by atoms with E-state index >= 15 is 0 Å². The first kappa shape index (κ1) is 15.4. The van der Waals surface area contributed by atoms with E-state index in [0.717, 1.165) is 24.3 Å². The van der Waals surface area contributed by atoms with E-state index in [-0.39, 0.29) is 5.91 Å². The Morgan fingerprint density at radius 2 is 2.04 bits per heavy atom. The fourth-order valence-corrected chi connectivity index (χ4v) is 2.35. The van der Waals surface area contributed by atoms with Gasteiger partial charge >= 0.3 is 0 Å². The molecule has 0 radical (unpaired) electrons. The number of nitrogens with zero attached hydrogens (tertiary/aromatic N) is 4. The van der Waals surface area contributed by atoms with Crippen molar-refractivity contribution in [3.8, 4) is 0 Å².